The molecule has 65 heavy (non-hydrogen) atoms. The molecule has 1 spiro atoms. The second-order valence-corrected chi connectivity index (χ2v) is 21.5. The van der Waals surface area contributed by atoms with Gasteiger partial charge in [0.05, 0.1) is 5.56 Å². The lowest BCUT2D eigenvalue weighted by molar-refractivity contribution is -0.997. The molecule has 0 fully saturated rings. The minimum absolute atomic E-state index is 0.0433. The molecule has 4 heteroatoms. The first-order chi connectivity index (χ1) is 31.1. The summed E-state index contributed by atoms with van der Waals surface area (Å²) in [5.74, 6) is 0.899. The quantitative estimate of drug-likeness (QED) is 0.162. The van der Waals surface area contributed by atoms with Crippen LogP contribution in [-0.4, -0.2) is 4.57 Å². The second kappa shape index (κ2) is 13.5. The smallest absolute Gasteiger partial charge is 0.392 e. The fourth-order valence-corrected chi connectivity index (χ4v) is 10.7. The van der Waals surface area contributed by atoms with Crippen molar-refractivity contribution in [1.29, 1.82) is 0 Å². The van der Waals surface area contributed by atoms with Gasteiger partial charge in [-0.15, -0.1) is 9.13 Å². The Kier molecular flexibility index (Phi) is 8.21. The van der Waals surface area contributed by atoms with Crippen molar-refractivity contribution >= 4 is 11.0 Å². The van der Waals surface area contributed by atoms with Crippen molar-refractivity contribution in [3.05, 3.63) is 192 Å². The predicted molar refractivity (Wildman–Crippen MR) is 265 cm³/mol. The van der Waals surface area contributed by atoms with Crippen LogP contribution in [0.4, 0.5) is 0 Å². The van der Waals surface area contributed by atoms with E-state index in [-0.39, 0.29) is 16.2 Å². The first kappa shape index (κ1) is 39.5. The van der Waals surface area contributed by atoms with Gasteiger partial charge in [0.15, 0.2) is 17.2 Å². The average Bonchev–Trinajstić information content (AvgIpc) is 3.79. The third kappa shape index (κ3) is 5.75. The van der Waals surface area contributed by atoms with E-state index in [1.165, 1.54) is 66.8 Å². The van der Waals surface area contributed by atoms with Gasteiger partial charge >= 0.3 is 11.7 Å². The Morgan fingerprint density at radius 3 is 1.74 bits per heavy atom. The van der Waals surface area contributed by atoms with Crippen molar-refractivity contribution in [1.82, 2.24) is 4.57 Å². The van der Waals surface area contributed by atoms with Crippen LogP contribution in [0.15, 0.2) is 170 Å². The van der Waals surface area contributed by atoms with E-state index in [1.807, 2.05) is 0 Å². The molecule has 0 amide bonds. The van der Waals surface area contributed by atoms with E-state index in [2.05, 4.69) is 246 Å². The summed E-state index contributed by atoms with van der Waals surface area (Å²) in [6.07, 6.45) is 2.27. The van der Waals surface area contributed by atoms with Crippen LogP contribution in [0.3, 0.4) is 0 Å². The number of fused-ring (bicyclic) bond motifs is 5. The largest absolute Gasteiger partial charge is 0.499 e. The maximum absolute atomic E-state index is 7.73. The second-order valence-electron chi connectivity index (χ2n) is 21.5. The summed E-state index contributed by atoms with van der Waals surface area (Å²) in [4.78, 5) is 0. The minimum atomic E-state index is -1.05. The third-order valence-electron chi connectivity index (χ3n) is 14.3. The predicted octanol–water partition coefficient (Wildman–Crippen LogP) is 14.3. The molecule has 1 atom stereocenters. The highest BCUT2D eigenvalue weighted by Crippen LogP contribution is 2.54. The normalized spacial score (nSPS) is 15.6. The lowest BCUT2D eigenvalue weighted by Crippen LogP contribution is -2.78. The summed E-state index contributed by atoms with van der Waals surface area (Å²) < 4.78 is 15.2. The maximum Gasteiger partial charge on any atom is 0.499 e. The molecular weight excluding hydrogens is 791 g/mol. The Bertz CT molecular complexity index is 3430. The van der Waals surface area contributed by atoms with Gasteiger partial charge < -0.3 is 4.74 Å². The van der Waals surface area contributed by atoms with Gasteiger partial charge in [0.25, 0.3) is 0 Å². The molecule has 3 aliphatic rings. The van der Waals surface area contributed by atoms with E-state index < -0.39 is 5.85 Å². The Morgan fingerprint density at radius 1 is 0.446 bits per heavy atom. The molecule has 5 heterocycles. The van der Waals surface area contributed by atoms with Crippen LogP contribution in [0.1, 0.15) is 84.6 Å². The molecule has 3 aliphatic heterocycles. The number of ether oxygens (including phenoxy) is 1. The molecule has 0 saturated carbocycles. The molecule has 0 radical (unpaired) electrons. The molecule has 318 valence electrons. The topological polar surface area (TPSA) is 21.9 Å². The summed E-state index contributed by atoms with van der Waals surface area (Å²) >= 11 is 0. The lowest BCUT2D eigenvalue weighted by atomic mass is 9.83. The van der Waals surface area contributed by atoms with Crippen molar-refractivity contribution in [3.8, 4) is 78.6 Å². The van der Waals surface area contributed by atoms with E-state index in [0.29, 0.717) is 0 Å². The zero-order valence-electron chi connectivity index (χ0n) is 38.9. The van der Waals surface area contributed by atoms with Gasteiger partial charge in [0, 0.05) is 28.8 Å². The molecule has 12 rings (SSSR count). The number of aromatic nitrogens is 3. The molecular formula is C61H55N3O+2. The number of pyridine rings is 1. The summed E-state index contributed by atoms with van der Waals surface area (Å²) in [6, 6.07) is 61.3. The van der Waals surface area contributed by atoms with Gasteiger partial charge in [0.1, 0.15) is 22.6 Å². The van der Waals surface area contributed by atoms with Crippen LogP contribution >= 0.6 is 0 Å². The van der Waals surface area contributed by atoms with Crippen molar-refractivity contribution in [2.24, 2.45) is 0 Å². The number of para-hydroxylation sites is 2. The maximum atomic E-state index is 7.73. The highest BCUT2D eigenvalue weighted by Gasteiger charge is 2.68. The minimum Gasteiger partial charge on any atom is -0.392 e. The summed E-state index contributed by atoms with van der Waals surface area (Å²) in [5, 5.41) is 0. The Morgan fingerprint density at radius 2 is 1.05 bits per heavy atom. The van der Waals surface area contributed by atoms with Crippen LogP contribution in [0.25, 0.3) is 83.9 Å². The first-order valence-electron chi connectivity index (χ1n) is 23.2. The summed E-state index contributed by atoms with van der Waals surface area (Å²) in [7, 11) is 0. The first-order valence-corrected chi connectivity index (χ1v) is 23.2. The number of imidazole rings is 1. The molecule has 0 N–H and O–H groups in total. The Hall–Kier alpha value is -7.04. The summed E-state index contributed by atoms with van der Waals surface area (Å²) in [5.41, 5.74) is 21.5. The molecule has 9 aromatic rings. The standard InChI is InChI=1S/C61H55N3O/c1-58(2,3)43-26-22-39(23-27-43)41-32-33-62-53(36-41)50-35-42(38-16-11-10-12-17-38)34-49-46-19-15-20-52-56(46)64-57(47-18-13-14-21-54(47)65-61(62,64)55(49)50)63(52)51-31-30-45(60(7,8)9)37-48(51)40-24-28-44(29-25-40)59(4,5)6/h10-37H,1-9H3/q+2. The van der Waals surface area contributed by atoms with Gasteiger partial charge in [-0.05, 0) is 109 Å². The van der Waals surface area contributed by atoms with Crippen molar-refractivity contribution in [3.63, 3.8) is 0 Å². The van der Waals surface area contributed by atoms with E-state index in [0.717, 1.165) is 45.1 Å². The molecule has 4 nitrogen and oxygen atoms in total. The van der Waals surface area contributed by atoms with Gasteiger partial charge in [-0.25, -0.2) is 0 Å². The van der Waals surface area contributed by atoms with Gasteiger partial charge in [-0.2, -0.15) is 4.57 Å². The van der Waals surface area contributed by atoms with Crippen molar-refractivity contribution in [2.75, 3.05) is 0 Å². The fraction of sp³-hybridized carbons (Fsp3) is 0.213. The van der Waals surface area contributed by atoms with E-state index in [4.69, 9.17) is 4.74 Å². The highest BCUT2D eigenvalue weighted by atomic mass is 16.5. The summed E-state index contributed by atoms with van der Waals surface area (Å²) in [6.45, 7) is 20.6. The molecule has 7 aromatic carbocycles. The van der Waals surface area contributed by atoms with Crippen LogP contribution in [0.2, 0.25) is 0 Å². The molecule has 1 unspecified atom stereocenters. The van der Waals surface area contributed by atoms with Gasteiger partial charge in [-0.3, -0.25) is 0 Å². The number of hydrogen-bond donors (Lipinski definition) is 0. The number of nitrogens with zero attached hydrogens (tertiary/aromatic N) is 3. The van der Waals surface area contributed by atoms with Crippen LogP contribution < -0.4 is 13.9 Å². The van der Waals surface area contributed by atoms with Crippen molar-refractivity contribution < 1.29 is 13.9 Å². The number of hydrogen-bond acceptors (Lipinski definition) is 1. The van der Waals surface area contributed by atoms with Crippen LogP contribution in [-0.2, 0) is 22.1 Å². The molecule has 0 saturated heterocycles. The molecule has 0 aliphatic carbocycles. The number of rotatable bonds is 4. The van der Waals surface area contributed by atoms with Gasteiger partial charge in [-0.1, -0.05) is 165 Å². The monoisotopic (exact) mass is 845 g/mol. The molecule has 0 bridgehead atoms. The highest BCUT2D eigenvalue weighted by molar-refractivity contribution is 5.99. The molecule has 2 aromatic heterocycles. The van der Waals surface area contributed by atoms with Crippen molar-refractivity contribution in [2.45, 2.75) is 84.4 Å². The van der Waals surface area contributed by atoms with Gasteiger partial charge in [0.2, 0.25) is 5.69 Å². The zero-order valence-corrected chi connectivity index (χ0v) is 38.9. The average molecular weight is 846 g/mol. The lowest BCUT2D eigenvalue weighted by Gasteiger charge is -2.32. The fourth-order valence-electron chi connectivity index (χ4n) is 10.7. The SMILES string of the molecule is CC(C)(C)c1ccc(-c2cc[n+]3c(c2)-c2cc(-c4ccccc4)cc4c2C32Oc3ccccc3-c3n(-c5ccc(C(C)(C)C)cc5-c5ccc(C(C)(C)C)cc5)c5cccc-4c5[n+]32)cc1. The third-order valence-corrected chi connectivity index (χ3v) is 14.3. The van der Waals surface area contributed by atoms with Crippen LogP contribution in [0, 0.1) is 0 Å². The van der Waals surface area contributed by atoms with Crippen LogP contribution in [0.5, 0.6) is 5.75 Å². The Balaban J connectivity index is 1.20. The Labute approximate surface area is 383 Å². The van der Waals surface area contributed by atoms with E-state index in [9.17, 15) is 0 Å². The van der Waals surface area contributed by atoms with E-state index >= 15 is 0 Å². The van der Waals surface area contributed by atoms with E-state index in [1.54, 1.807) is 0 Å². The zero-order chi connectivity index (χ0) is 44.8. The number of benzene rings is 7.